The average molecular weight is 294 g/mol. The lowest BCUT2D eigenvalue weighted by molar-refractivity contribution is 0.706. The molecular weight excluding hydrogens is 277 g/mol. The molecule has 0 bridgehead atoms. The first kappa shape index (κ1) is 14.2. The summed E-state index contributed by atoms with van der Waals surface area (Å²) in [5.74, 6) is 0. The first-order chi connectivity index (χ1) is 9.13. The van der Waals surface area contributed by atoms with E-state index in [4.69, 9.17) is 23.2 Å². The first-order valence-electron chi connectivity index (χ1n) is 6.40. The van der Waals surface area contributed by atoms with Gasteiger partial charge in [-0.1, -0.05) is 53.5 Å². The maximum Gasteiger partial charge on any atom is 0.0441 e. The van der Waals surface area contributed by atoms with Gasteiger partial charge in [-0.3, -0.25) is 0 Å². The van der Waals surface area contributed by atoms with Crippen LogP contribution in [0.25, 0.3) is 0 Å². The second-order valence-corrected chi connectivity index (χ2v) is 5.60. The van der Waals surface area contributed by atoms with E-state index in [1.165, 1.54) is 5.56 Å². The summed E-state index contributed by atoms with van der Waals surface area (Å²) in [6.07, 6.45) is 2.12. The van der Waals surface area contributed by atoms with Crippen molar-refractivity contribution in [1.29, 1.82) is 0 Å². The molecule has 0 saturated carbocycles. The van der Waals surface area contributed by atoms with E-state index in [1.54, 1.807) is 6.07 Å². The van der Waals surface area contributed by atoms with E-state index in [1.807, 2.05) is 18.2 Å². The molecule has 2 aromatic rings. The average Bonchev–Trinajstić information content (AvgIpc) is 2.36. The van der Waals surface area contributed by atoms with Gasteiger partial charge >= 0.3 is 0 Å². The number of rotatable bonds is 5. The third-order valence-corrected chi connectivity index (χ3v) is 3.42. The number of benzene rings is 2. The number of nitrogens with one attached hydrogen (secondary N) is 1. The van der Waals surface area contributed by atoms with Crippen LogP contribution in [0.1, 0.15) is 18.9 Å². The minimum atomic E-state index is 0.370. The third kappa shape index (κ3) is 4.77. The van der Waals surface area contributed by atoms with E-state index in [9.17, 15) is 0 Å². The van der Waals surface area contributed by atoms with Gasteiger partial charge in [0.15, 0.2) is 0 Å². The number of hydrogen-bond donors (Lipinski definition) is 1. The molecule has 0 spiro atoms. The maximum absolute atomic E-state index is 5.98. The molecule has 0 saturated heterocycles. The third-order valence-electron chi connectivity index (χ3n) is 2.98. The maximum atomic E-state index is 5.98. The van der Waals surface area contributed by atoms with Crippen LogP contribution in [0.5, 0.6) is 0 Å². The molecule has 0 radical (unpaired) electrons. The van der Waals surface area contributed by atoms with E-state index in [2.05, 4.69) is 36.5 Å². The molecule has 1 unspecified atom stereocenters. The Morgan fingerprint density at radius 3 is 2.26 bits per heavy atom. The fraction of sp³-hybridized carbons (Fsp3) is 0.250. The Labute approximate surface area is 124 Å². The molecule has 0 aliphatic rings. The Morgan fingerprint density at radius 1 is 1.00 bits per heavy atom. The molecule has 1 N–H and O–H groups in total. The second-order valence-electron chi connectivity index (χ2n) is 4.73. The topological polar surface area (TPSA) is 12.0 Å². The van der Waals surface area contributed by atoms with Gasteiger partial charge in [-0.2, -0.15) is 0 Å². The normalized spacial score (nSPS) is 12.2. The van der Waals surface area contributed by atoms with Crippen LogP contribution in [-0.2, 0) is 6.42 Å². The lowest BCUT2D eigenvalue weighted by atomic mass is 10.1. The van der Waals surface area contributed by atoms with Crippen LogP contribution >= 0.6 is 23.2 Å². The highest BCUT2D eigenvalue weighted by molar-refractivity contribution is 6.35. The first-order valence-corrected chi connectivity index (χ1v) is 7.15. The van der Waals surface area contributed by atoms with Crippen LogP contribution in [0.2, 0.25) is 10.0 Å². The molecular formula is C16H17Cl2N. The van der Waals surface area contributed by atoms with Crippen LogP contribution in [0.15, 0.2) is 48.5 Å². The molecule has 19 heavy (non-hydrogen) atoms. The predicted octanol–water partition coefficient (Wildman–Crippen LogP) is 5.43. The van der Waals surface area contributed by atoms with Gasteiger partial charge in [-0.25, -0.2) is 0 Å². The highest BCUT2D eigenvalue weighted by Gasteiger charge is 2.04. The summed E-state index contributed by atoms with van der Waals surface area (Å²) in [5, 5.41) is 4.74. The monoisotopic (exact) mass is 293 g/mol. The zero-order valence-corrected chi connectivity index (χ0v) is 12.4. The quantitative estimate of drug-likeness (QED) is 0.775. The van der Waals surface area contributed by atoms with E-state index >= 15 is 0 Å². The van der Waals surface area contributed by atoms with Crippen LogP contribution in [-0.4, -0.2) is 6.04 Å². The summed E-state index contributed by atoms with van der Waals surface area (Å²) in [6.45, 7) is 2.16. The Balaban J connectivity index is 1.89. The number of halogens is 2. The fourth-order valence-electron chi connectivity index (χ4n) is 2.02. The summed E-state index contributed by atoms with van der Waals surface area (Å²) in [7, 11) is 0. The molecule has 2 rings (SSSR count). The van der Waals surface area contributed by atoms with Gasteiger partial charge in [0.1, 0.15) is 0 Å². The smallest absolute Gasteiger partial charge is 0.0441 e. The van der Waals surface area contributed by atoms with E-state index < -0.39 is 0 Å². The van der Waals surface area contributed by atoms with Crippen molar-refractivity contribution in [2.75, 3.05) is 5.32 Å². The lowest BCUT2D eigenvalue weighted by Crippen LogP contribution is -2.15. The van der Waals surface area contributed by atoms with E-state index in [0.29, 0.717) is 16.1 Å². The van der Waals surface area contributed by atoms with Gasteiger partial charge in [-0.05, 0) is 43.5 Å². The van der Waals surface area contributed by atoms with Gasteiger partial charge in [0.25, 0.3) is 0 Å². The number of aryl methyl sites for hydroxylation is 1. The molecule has 0 aliphatic heterocycles. The number of hydrogen-bond acceptors (Lipinski definition) is 1. The Bertz CT molecular complexity index is 505. The van der Waals surface area contributed by atoms with Crippen molar-refractivity contribution in [3.05, 3.63) is 64.1 Å². The Kier molecular flexibility index (Phi) is 5.12. The predicted molar refractivity (Wildman–Crippen MR) is 84.3 cm³/mol. The molecule has 0 aliphatic carbocycles. The van der Waals surface area contributed by atoms with E-state index in [-0.39, 0.29) is 0 Å². The zero-order valence-electron chi connectivity index (χ0n) is 10.9. The molecule has 3 heteroatoms. The SMILES string of the molecule is CC(CCc1ccccc1)Nc1cc(Cl)cc(Cl)c1. The van der Waals surface area contributed by atoms with Gasteiger partial charge in [-0.15, -0.1) is 0 Å². The standard InChI is InChI=1S/C16H17Cl2N/c1-12(7-8-13-5-3-2-4-6-13)19-16-10-14(17)9-15(18)11-16/h2-6,9-12,19H,7-8H2,1H3. The van der Waals surface area contributed by atoms with Gasteiger partial charge in [0.2, 0.25) is 0 Å². The molecule has 1 nitrogen and oxygen atoms in total. The molecule has 0 amide bonds. The van der Waals surface area contributed by atoms with Crippen LogP contribution < -0.4 is 5.32 Å². The van der Waals surface area contributed by atoms with E-state index in [0.717, 1.165) is 18.5 Å². The van der Waals surface area contributed by atoms with Crippen molar-refractivity contribution in [2.45, 2.75) is 25.8 Å². The van der Waals surface area contributed by atoms with Gasteiger partial charge in [0.05, 0.1) is 0 Å². The summed E-state index contributed by atoms with van der Waals surface area (Å²) in [4.78, 5) is 0. The van der Waals surface area contributed by atoms with Gasteiger partial charge in [0, 0.05) is 21.8 Å². The second kappa shape index (κ2) is 6.83. The Hall–Kier alpha value is -1.18. The summed E-state index contributed by atoms with van der Waals surface area (Å²) in [5.41, 5.74) is 2.33. The summed E-state index contributed by atoms with van der Waals surface area (Å²) < 4.78 is 0. The minimum Gasteiger partial charge on any atom is -0.382 e. The Morgan fingerprint density at radius 2 is 1.63 bits per heavy atom. The summed E-state index contributed by atoms with van der Waals surface area (Å²) in [6, 6.07) is 16.4. The molecule has 0 fully saturated rings. The van der Waals surface area contributed by atoms with Gasteiger partial charge < -0.3 is 5.32 Å². The largest absolute Gasteiger partial charge is 0.382 e. The molecule has 100 valence electrons. The van der Waals surface area contributed by atoms with Crippen molar-refractivity contribution in [3.63, 3.8) is 0 Å². The van der Waals surface area contributed by atoms with Crippen molar-refractivity contribution in [1.82, 2.24) is 0 Å². The fourth-order valence-corrected chi connectivity index (χ4v) is 2.55. The van der Waals surface area contributed by atoms with Crippen LogP contribution in [0.4, 0.5) is 5.69 Å². The zero-order chi connectivity index (χ0) is 13.7. The highest BCUT2D eigenvalue weighted by Crippen LogP contribution is 2.23. The van der Waals surface area contributed by atoms with Crippen molar-refractivity contribution >= 4 is 28.9 Å². The van der Waals surface area contributed by atoms with Crippen molar-refractivity contribution in [3.8, 4) is 0 Å². The lowest BCUT2D eigenvalue weighted by Gasteiger charge is -2.15. The van der Waals surface area contributed by atoms with Crippen molar-refractivity contribution < 1.29 is 0 Å². The minimum absolute atomic E-state index is 0.370. The molecule has 1 atom stereocenters. The molecule has 0 heterocycles. The summed E-state index contributed by atoms with van der Waals surface area (Å²) >= 11 is 12.0. The molecule has 2 aromatic carbocycles. The van der Waals surface area contributed by atoms with Crippen LogP contribution in [0.3, 0.4) is 0 Å². The van der Waals surface area contributed by atoms with Crippen LogP contribution in [0, 0.1) is 0 Å². The highest BCUT2D eigenvalue weighted by atomic mass is 35.5. The van der Waals surface area contributed by atoms with Crippen molar-refractivity contribution in [2.24, 2.45) is 0 Å². The molecule has 0 aromatic heterocycles. The number of anilines is 1.